The first-order valence-corrected chi connectivity index (χ1v) is 5.26. The molecule has 0 unspecified atom stereocenters. The Labute approximate surface area is 108 Å². The molecule has 0 aliphatic carbocycles. The third-order valence-electron chi connectivity index (χ3n) is 2.41. The number of hydrogen-bond donors (Lipinski definition) is 1. The topological polar surface area (TPSA) is 94.5 Å². The first-order chi connectivity index (χ1) is 9.28. The van der Waals surface area contributed by atoms with Crippen molar-refractivity contribution in [3.8, 4) is 0 Å². The summed E-state index contributed by atoms with van der Waals surface area (Å²) in [6, 6.07) is 16.8. The summed E-state index contributed by atoms with van der Waals surface area (Å²) in [5.74, 6) is 0. The molecule has 0 amide bonds. The van der Waals surface area contributed by atoms with Crippen LogP contribution in [0.25, 0.3) is 32.6 Å². The number of nitrogens with one attached hydrogen (secondary N) is 1. The summed E-state index contributed by atoms with van der Waals surface area (Å²) in [4.78, 5) is 19.9. The van der Waals surface area contributed by atoms with Crippen LogP contribution in [0.2, 0.25) is 0 Å². The van der Waals surface area contributed by atoms with Gasteiger partial charge in [0.1, 0.15) is 0 Å². The number of hydrogen-bond acceptors (Lipinski definition) is 2. The van der Waals surface area contributed by atoms with Crippen molar-refractivity contribution in [1.82, 2.24) is 4.98 Å². The van der Waals surface area contributed by atoms with E-state index in [1.54, 1.807) is 0 Å². The molecular weight excluding hydrogens is 242 g/mol. The van der Waals surface area contributed by atoms with Crippen LogP contribution in [-0.4, -0.2) is 17.1 Å². The molecule has 0 fully saturated rings. The van der Waals surface area contributed by atoms with Crippen LogP contribution in [0.15, 0.2) is 48.5 Å². The molecule has 5 heteroatoms. The van der Waals surface area contributed by atoms with Crippen LogP contribution >= 0.6 is 0 Å². The first kappa shape index (κ1) is 14.1. The highest BCUT2D eigenvalue weighted by atomic mass is 16.1. The number of nitrogens with zero attached hydrogens (tertiary/aromatic N) is 2. The summed E-state index contributed by atoms with van der Waals surface area (Å²) in [6.07, 6.45) is 1.00. The van der Waals surface area contributed by atoms with Crippen LogP contribution < -0.4 is 0 Å². The average Bonchev–Trinajstić information content (AvgIpc) is 2.79. The van der Waals surface area contributed by atoms with Gasteiger partial charge >= 0.3 is 0 Å². The number of aromatic nitrogens is 1. The Morgan fingerprint density at radius 2 is 1.05 bits per heavy atom. The van der Waals surface area contributed by atoms with Crippen molar-refractivity contribution in [2.24, 2.45) is 0 Å². The van der Waals surface area contributed by atoms with Gasteiger partial charge in [0.15, 0.2) is 0 Å². The minimum absolute atomic E-state index is 0.500. The van der Waals surface area contributed by atoms with Crippen molar-refractivity contribution in [2.45, 2.75) is 0 Å². The average molecular weight is 251 g/mol. The second-order valence-corrected chi connectivity index (χ2v) is 3.40. The Kier molecular flexibility index (Phi) is 5.44. The van der Waals surface area contributed by atoms with Gasteiger partial charge in [0, 0.05) is 21.8 Å². The fourth-order valence-corrected chi connectivity index (χ4v) is 1.80. The van der Waals surface area contributed by atoms with Crippen LogP contribution in [0.4, 0.5) is 0 Å². The van der Waals surface area contributed by atoms with Crippen LogP contribution in [0.5, 0.6) is 0 Å². The molecule has 3 rings (SSSR count). The summed E-state index contributed by atoms with van der Waals surface area (Å²) in [7, 11) is 0. The molecule has 0 atom stereocenters. The second-order valence-electron chi connectivity index (χ2n) is 3.40. The molecule has 0 spiro atoms. The fourth-order valence-electron chi connectivity index (χ4n) is 1.80. The van der Waals surface area contributed by atoms with E-state index in [1.807, 2.05) is 0 Å². The lowest BCUT2D eigenvalue weighted by molar-refractivity contribution is 0.568. The molecule has 2 aromatic carbocycles. The van der Waals surface area contributed by atoms with E-state index in [1.165, 1.54) is 21.8 Å². The fraction of sp³-hybridized carbons (Fsp3) is 0. The standard InChI is InChI=1S/C12H9N.2CNO/c1-3-7-11-9(5-1)10-6-2-4-8-12(10)13-11;2*2-1-3/h1-8,13H;;/q;2*-1. The highest BCUT2D eigenvalue weighted by Crippen LogP contribution is 2.24. The predicted molar refractivity (Wildman–Crippen MR) is 73.9 cm³/mol. The van der Waals surface area contributed by atoms with E-state index in [2.05, 4.69) is 53.5 Å². The predicted octanol–water partition coefficient (Wildman–Crippen LogP) is 3.10. The zero-order chi connectivity index (χ0) is 14.1. The monoisotopic (exact) mass is 251 g/mol. The highest BCUT2D eigenvalue weighted by Gasteiger charge is 2.00. The summed E-state index contributed by atoms with van der Waals surface area (Å²) in [5.41, 5.74) is 2.42. The quantitative estimate of drug-likeness (QED) is 0.490. The highest BCUT2D eigenvalue weighted by molar-refractivity contribution is 6.06. The molecule has 1 aromatic heterocycles. The number of fused-ring (bicyclic) bond motifs is 3. The van der Waals surface area contributed by atoms with Gasteiger partial charge in [-0.25, -0.2) is 0 Å². The Morgan fingerprint density at radius 3 is 1.42 bits per heavy atom. The van der Waals surface area contributed by atoms with E-state index in [-0.39, 0.29) is 0 Å². The van der Waals surface area contributed by atoms with Crippen LogP contribution in [0.1, 0.15) is 0 Å². The lowest BCUT2D eigenvalue weighted by Crippen LogP contribution is -1.62. The molecule has 5 nitrogen and oxygen atoms in total. The number of benzene rings is 2. The largest absolute Gasteiger partial charge is 0.724 e. The first-order valence-electron chi connectivity index (χ1n) is 5.26. The molecule has 1 heterocycles. The molecule has 19 heavy (non-hydrogen) atoms. The van der Waals surface area contributed by atoms with Gasteiger partial charge in [-0.1, -0.05) is 36.4 Å². The van der Waals surface area contributed by atoms with Crippen molar-refractivity contribution in [3.63, 3.8) is 0 Å². The van der Waals surface area contributed by atoms with E-state index >= 15 is 0 Å². The Bertz CT molecular complexity index is 672. The molecule has 0 aliphatic heterocycles. The van der Waals surface area contributed by atoms with Crippen molar-refractivity contribution in [1.29, 1.82) is 0 Å². The number of isocyanates is 2. The number of rotatable bonds is 0. The third-order valence-corrected chi connectivity index (χ3v) is 2.41. The van der Waals surface area contributed by atoms with Crippen LogP contribution in [0.3, 0.4) is 0 Å². The summed E-state index contributed by atoms with van der Waals surface area (Å²) < 4.78 is 0. The second kappa shape index (κ2) is 7.35. The maximum Gasteiger partial charge on any atom is 0.0464 e. The summed E-state index contributed by atoms with van der Waals surface area (Å²) >= 11 is 0. The minimum atomic E-state index is 0.500. The van der Waals surface area contributed by atoms with Gasteiger partial charge in [0.2, 0.25) is 0 Å². The Hall–Kier alpha value is -3.00. The van der Waals surface area contributed by atoms with Crippen LogP contribution in [0, 0.1) is 0 Å². The molecule has 0 saturated heterocycles. The van der Waals surface area contributed by atoms with Crippen molar-refractivity contribution < 1.29 is 9.59 Å². The zero-order valence-corrected chi connectivity index (χ0v) is 9.83. The molecule has 94 valence electrons. The van der Waals surface area contributed by atoms with Gasteiger partial charge in [-0.2, -0.15) is 0 Å². The molecule has 0 aliphatic rings. The van der Waals surface area contributed by atoms with Crippen molar-refractivity contribution >= 4 is 34.0 Å². The lowest BCUT2D eigenvalue weighted by Gasteiger charge is -1.87. The maximum atomic E-state index is 8.24. The lowest BCUT2D eigenvalue weighted by atomic mass is 10.2. The van der Waals surface area contributed by atoms with E-state index in [4.69, 9.17) is 20.4 Å². The van der Waals surface area contributed by atoms with E-state index < -0.39 is 0 Å². The number of H-pyrrole nitrogens is 1. The van der Waals surface area contributed by atoms with Gasteiger partial charge < -0.3 is 15.8 Å². The SMILES string of the molecule is [N-]=C=O.[N-]=C=O.c1ccc2c(c1)[nH]c1ccccc12. The molecule has 1 N–H and O–H groups in total. The van der Waals surface area contributed by atoms with Gasteiger partial charge in [0.05, 0.1) is 0 Å². The van der Waals surface area contributed by atoms with Gasteiger partial charge in [-0.15, -0.1) is 0 Å². The normalized spacial score (nSPS) is 8.42. The number of para-hydroxylation sites is 2. The number of aromatic amines is 1. The van der Waals surface area contributed by atoms with Gasteiger partial charge in [-0.05, 0) is 24.3 Å². The van der Waals surface area contributed by atoms with E-state index in [0.29, 0.717) is 12.2 Å². The molecule has 0 saturated carbocycles. The summed E-state index contributed by atoms with van der Waals surface area (Å²) in [5, 5.41) is 16.1. The Balaban J connectivity index is 0.000000261. The van der Waals surface area contributed by atoms with E-state index in [0.717, 1.165) is 0 Å². The molecule has 0 bridgehead atoms. The van der Waals surface area contributed by atoms with Crippen molar-refractivity contribution in [2.75, 3.05) is 0 Å². The maximum absolute atomic E-state index is 8.24. The minimum Gasteiger partial charge on any atom is -0.724 e. The third kappa shape index (κ3) is 3.48. The number of carbonyl (C=O) groups excluding carboxylic acids is 2. The van der Waals surface area contributed by atoms with E-state index in [9.17, 15) is 0 Å². The summed E-state index contributed by atoms with van der Waals surface area (Å²) in [6.45, 7) is 0. The Morgan fingerprint density at radius 1 is 0.737 bits per heavy atom. The van der Waals surface area contributed by atoms with Crippen LogP contribution in [-0.2, 0) is 9.59 Å². The smallest absolute Gasteiger partial charge is 0.0464 e. The zero-order valence-electron chi connectivity index (χ0n) is 9.83. The molecule has 0 radical (unpaired) electrons. The molecular formula is C14H9N3O2-2. The van der Waals surface area contributed by atoms with Crippen molar-refractivity contribution in [3.05, 3.63) is 59.3 Å². The van der Waals surface area contributed by atoms with Gasteiger partial charge in [0.25, 0.3) is 0 Å². The van der Waals surface area contributed by atoms with Gasteiger partial charge in [-0.3, -0.25) is 9.59 Å². The molecule has 3 aromatic rings.